The normalized spacial score (nSPS) is 17.2. The third-order valence-electron chi connectivity index (χ3n) is 5.42. The van der Waals surface area contributed by atoms with E-state index in [9.17, 15) is 4.79 Å². The molecule has 1 aromatic carbocycles. The fourth-order valence-electron chi connectivity index (χ4n) is 3.82. The highest BCUT2D eigenvalue weighted by molar-refractivity contribution is 5.77. The second-order valence-corrected chi connectivity index (χ2v) is 7.28. The fraction of sp³-hybridized carbons (Fsp3) is 0.524. The molecular formula is C21H29N3O2. The second-order valence-electron chi connectivity index (χ2n) is 7.28. The minimum Gasteiger partial charge on any atom is -0.466 e. The van der Waals surface area contributed by atoms with Gasteiger partial charge >= 0.3 is 5.97 Å². The topological polar surface area (TPSA) is 47.4 Å². The molecule has 2 heterocycles. The van der Waals surface area contributed by atoms with Crippen LogP contribution >= 0.6 is 0 Å². The molecule has 140 valence electrons. The Morgan fingerprint density at radius 3 is 2.54 bits per heavy atom. The van der Waals surface area contributed by atoms with Gasteiger partial charge in [0, 0.05) is 25.4 Å². The monoisotopic (exact) mass is 355 g/mol. The van der Waals surface area contributed by atoms with Gasteiger partial charge in [0.2, 0.25) is 0 Å². The third-order valence-corrected chi connectivity index (χ3v) is 5.42. The Hall–Kier alpha value is -2.14. The van der Waals surface area contributed by atoms with E-state index in [2.05, 4.69) is 40.5 Å². The lowest BCUT2D eigenvalue weighted by Gasteiger charge is -2.40. The number of hydrogen-bond acceptors (Lipinski definition) is 4. The molecular weight excluding hydrogens is 326 g/mol. The number of benzene rings is 1. The minimum absolute atomic E-state index is 0.0167. The molecule has 0 unspecified atom stereocenters. The number of piperidine rings is 1. The van der Waals surface area contributed by atoms with Crippen LogP contribution in [-0.4, -0.2) is 40.3 Å². The first kappa shape index (κ1) is 18.6. The number of carbonyl (C=O) groups excluding carboxylic acids is 1. The lowest BCUT2D eigenvalue weighted by Crippen LogP contribution is -2.45. The van der Waals surface area contributed by atoms with Crippen LogP contribution in [0.1, 0.15) is 37.3 Å². The molecule has 26 heavy (non-hydrogen) atoms. The molecule has 1 aromatic heterocycles. The van der Waals surface area contributed by atoms with Crippen LogP contribution in [0.4, 0.5) is 0 Å². The van der Waals surface area contributed by atoms with Crippen LogP contribution in [0.5, 0.6) is 0 Å². The Morgan fingerprint density at radius 2 is 1.92 bits per heavy atom. The van der Waals surface area contributed by atoms with Crippen molar-refractivity contribution in [1.29, 1.82) is 0 Å². The molecule has 5 heteroatoms. The molecule has 0 amide bonds. The molecule has 1 aliphatic heterocycles. The van der Waals surface area contributed by atoms with Crippen molar-refractivity contribution in [3.63, 3.8) is 0 Å². The average molecular weight is 355 g/mol. The fourth-order valence-corrected chi connectivity index (χ4v) is 3.82. The van der Waals surface area contributed by atoms with Gasteiger partial charge in [0.15, 0.2) is 0 Å². The molecule has 3 rings (SSSR count). The largest absolute Gasteiger partial charge is 0.466 e. The standard InChI is InChI=1S/C21H29N3O2/c1-3-26-20(25)21(10-9-18-7-5-4-6-8-18)11-13-24(14-12-21)17-19-15-22-23(2)16-19/h4-8,15-16H,3,9-14,17H2,1-2H3. The summed E-state index contributed by atoms with van der Waals surface area (Å²) in [5.74, 6) is -0.0167. The van der Waals surface area contributed by atoms with Crippen LogP contribution in [0, 0.1) is 5.41 Å². The van der Waals surface area contributed by atoms with Crippen molar-refractivity contribution in [2.24, 2.45) is 12.5 Å². The van der Waals surface area contributed by atoms with E-state index < -0.39 is 0 Å². The number of aryl methyl sites for hydroxylation is 2. The Bertz CT molecular complexity index is 703. The molecule has 0 N–H and O–H groups in total. The Balaban J connectivity index is 1.63. The first-order chi connectivity index (χ1) is 12.6. The number of esters is 1. The summed E-state index contributed by atoms with van der Waals surface area (Å²) < 4.78 is 7.29. The zero-order valence-corrected chi connectivity index (χ0v) is 15.9. The Morgan fingerprint density at radius 1 is 1.19 bits per heavy atom. The van der Waals surface area contributed by atoms with Crippen molar-refractivity contribution in [3.8, 4) is 0 Å². The predicted molar refractivity (Wildman–Crippen MR) is 102 cm³/mol. The summed E-state index contributed by atoms with van der Waals surface area (Å²) in [5, 5.41) is 4.24. The van der Waals surface area contributed by atoms with Gasteiger partial charge in [-0.3, -0.25) is 14.4 Å². The van der Waals surface area contributed by atoms with E-state index in [4.69, 9.17) is 4.74 Å². The summed E-state index contributed by atoms with van der Waals surface area (Å²) >= 11 is 0. The predicted octanol–water partition coefficient (Wildman–Crippen LogP) is 3.20. The van der Waals surface area contributed by atoms with Crippen LogP contribution < -0.4 is 0 Å². The van der Waals surface area contributed by atoms with Crippen molar-refractivity contribution in [2.75, 3.05) is 19.7 Å². The first-order valence-corrected chi connectivity index (χ1v) is 9.52. The quantitative estimate of drug-likeness (QED) is 0.716. The highest BCUT2D eigenvalue weighted by Crippen LogP contribution is 2.38. The van der Waals surface area contributed by atoms with Gasteiger partial charge in [-0.05, 0) is 51.3 Å². The minimum atomic E-state index is -0.350. The summed E-state index contributed by atoms with van der Waals surface area (Å²) in [4.78, 5) is 15.2. The van der Waals surface area contributed by atoms with E-state index in [0.717, 1.165) is 45.3 Å². The van der Waals surface area contributed by atoms with Gasteiger partial charge in [0.25, 0.3) is 0 Å². The number of hydrogen-bond donors (Lipinski definition) is 0. The Kier molecular flexibility index (Phi) is 6.09. The van der Waals surface area contributed by atoms with Crippen molar-refractivity contribution in [3.05, 3.63) is 53.9 Å². The second kappa shape index (κ2) is 8.49. The van der Waals surface area contributed by atoms with Gasteiger partial charge in [-0.15, -0.1) is 0 Å². The maximum atomic E-state index is 12.8. The summed E-state index contributed by atoms with van der Waals surface area (Å²) in [6.45, 7) is 5.07. The number of nitrogens with zero attached hydrogens (tertiary/aromatic N) is 3. The van der Waals surface area contributed by atoms with Gasteiger partial charge < -0.3 is 4.74 Å². The summed E-state index contributed by atoms with van der Waals surface area (Å²) in [5.41, 5.74) is 2.16. The third kappa shape index (κ3) is 4.52. The molecule has 0 atom stereocenters. The highest BCUT2D eigenvalue weighted by Gasteiger charge is 2.42. The van der Waals surface area contributed by atoms with Crippen molar-refractivity contribution in [1.82, 2.24) is 14.7 Å². The van der Waals surface area contributed by atoms with Crippen LogP contribution in [0.2, 0.25) is 0 Å². The number of aromatic nitrogens is 2. The SMILES string of the molecule is CCOC(=O)C1(CCc2ccccc2)CCN(Cc2cnn(C)c2)CC1. The van der Waals surface area contributed by atoms with E-state index >= 15 is 0 Å². The number of ether oxygens (including phenoxy) is 1. The maximum Gasteiger partial charge on any atom is 0.312 e. The van der Waals surface area contributed by atoms with Crippen molar-refractivity contribution < 1.29 is 9.53 Å². The summed E-state index contributed by atoms with van der Waals surface area (Å²) in [7, 11) is 1.94. The van der Waals surface area contributed by atoms with Crippen LogP contribution in [0.25, 0.3) is 0 Å². The number of rotatable bonds is 7. The smallest absolute Gasteiger partial charge is 0.312 e. The van der Waals surface area contributed by atoms with Gasteiger partial charge in [-0.2, -0.15) is 5.10 Å². The van der Waals surface area contributed by atoms with Gasteiger partial charge in [0.1, 0.15) is 0 Å². The van der Waals surface area contributed by atoms with Crippen LogP contribution in [-0.2, 0) is 29.5 Å². The highest BCUT2D eigenvalue weighted by atomic mass is 16.5. The van der Waals surface area contributed by atoms with E-state index in [-0.39, 0.29) is 11.4 Å². The van der Waals surface area contributed by atoms with Gasteiger partial charge in [0.05, 0.1) is 18.2 Å². The lowest BCUT2D eigenvalue weighted by atomic mass is 9.74. The number of likely N-dealkylation sites (tertiary alicyclic amines) is 1. The molecule has 1 saturated heterocycles. The lowest BCUT2D eigenvalue weighted by molar-refractivity contribution is -0.159. The molecule has 0 bridgehead atoms. The van der Waals surface area contributed by atoms with Crippen LogP contribution in [0.15, 0.2) is 42.7 Å². The number of carbonyl (C=O) groups is 1. The van der Waals surface area contributed by atoms with Crippen LogP contribution in [0.3, 0.4) is 0 Å². The van der Waals surface area contributed by atoms with Gasteiger partial charge in [-0.1, -0.05) is 30.3 Å². The molecule has 0 radical (unpaired) electrons. The molecule has 2 aromatic rings. The molecule has 0 spiro atoms. The molecule has 1 aliphatic rings. The van der Waals surface area contributed by atoms with E-state index in [1.807, 2.05) is 30.9 Å². The zero-order valence-electron chi connectivity index (χ0n) is 15.9. The van der Waals surface area contributed by atoms with E-state index in [1.165, 1.54) is 11.1 Å². The molecule has 5 nitrogen and oxygen atoms in total. The summed E-state index contributed by atoms with van der Waals surface area (Å²) in [6.07, 6.45) is 7.47. The van der Waals surface area contributed by atoms with Crippen molar-refractivity contribution >= 4 is 5.97 Å². The molecule has 0 saturated carbocycles. The summed E-state index contributed by atoms with van der Waals surface area (Å²) in [6, 6.07) is 10.4. The Labute approximate surface area is 156 Å². The van der Waals surface area contributed by atoms with Crippen molar-refractivity contribution in [2.45, 2.75) is 39.2 Å². The van der Waals surface area contributed by atoms with E-state index in [1.54, 1.807) is 0 Å². The maximum absolute atomic E-state index is 12.8. The van der Waals surface area contributed by atoms with E-state index in [0.29, 0.717) is 6.61 Å². The molecule has 0 aliphatic carbocycles. The zero-order chi connectivity index (χ0) is 18.4. The average Bonchev–Trinajstić information content (AvgIpc) is 3.07. The molecule has 1 fully saturated rings. The first-order valence-electron chi connectivity index (χ1n) is 9.52. The van der Waals surface area contributed by atoms with Gasteiger partial charge in [-0.25, -0.2) is 0 Å².